The number of hydrogen-bond acceptors (Lipinski definition) is 5. The van der Waals surface area contributed by atoms with E-state index in [1.807, 2.05) is 25.1 Å². The van der Waals surface area contributed by atoms with Crippen LogP contribution in [0.4, 0.5) is 4.39 Å². The predicted octanol–water partition coefficient (Wildman–Crippen LogP) is 6.08. The lowest BCUT2D eigenvalue weighted by Crippen LogP contribution is -2.39. The maximum absolute atomic E-state index is 14.4. The fraction of sp³-hybridized carbons (Fsp3) is 0.536. The van der Waals surface area contributed by atoms with Crippen molar-refractivity contribution >= 4 is 29.2 Å². The Morgan fingerprint density at radius 3 is 2.75 bits per heavy atom. The highest BCUT2D eigenvalue weighted by Crippen LogP contribution is 2.28. The van der Waals surface area contributed by atoms with Gasteiger partial charge in [-0.2, -0.15) is 0 Å². The number of nitrogens with zero attached hydrogens (tertiary/aromatic N) is 1. The van der Waals surface area contributed by atoms with Gasteiger partial charge in [-0.15, -0.1) is 0 Å². The van der Waals surface area contributed by atoms with Gasteiger partial charge in [0.25, 0.3) is 0 Å². The van der Waals surface area contributed by atoms with Crippen LogP contribution in [0.2, 0.25) is 10.0 Å². The Morgan fingerprint density at radius 1 is 1.25 bits per heavy atom. The van der Waals surface area contributed by atoms with Crippen LogP contribution in [0.5, 0.6) is 0 Å². The summed E-state index contributed by atoms with van der Waals surface area (Å²) >= 11 is 12.2. The first kappa shape index (κ1) is 28.9. The largest absolute Gasteiger partial charge is 0.466 e. The second-order valence-electron chi connectivity index (χ2n) is 9.48. The molecule has 0 aromatic heterocycles. The van der Waals surface area contributed by atoms with Crippen molar-refractivity contribution in [1.29, 1.82) is 0 Å². The molecule has 0 aliphatic carbocycles. The molecule has 5 nitrogen and oxygen atoms in total. The molecule has 0 radical (unpaired) electrons. The van der Waals surface area contributed by atoms with Gasteiger partial charge in [0.15, 0.2) is 0 Å². The number of benzene rings is 2. The van der Waals surface area contributed by atoms with Crippen LogP contribution in [0, 0.1) is 12.7 Å². The summed E-state index contributed by atoms with van der Waals surface area (Å²) in [6, 6.07) is 9.26. The van der Waals surface area contributed by atoms with Gasteiger partial charge in [0.05, 0.1) is 35.5 Å². The second kappa shape index (κ2) is 13.7. The minimum absolute atomic E-state index is 0.129. The molecule has 1 saturated heterocycles. The molecule has 0 saturated carbocycles. The number of rotatable bonds is 12. The summed E-state index contributed by atoms with van der Waals surface area (Å²) in [6.45, 7) is 7.18. The second-order valence-corrected chi connectivity index (χ2v) is 10.3. The lowest BCUT2D eigenvalue weighted by atomic mass is 9.96. The molecule has 0 amide bonds. The molecule has 1 aliphatic rings. The third kappa shape index (κ3) is 8.15. The van der Waals surface area contributed by atoms with Gasteiger partial charge in [0.2, 0.25) is 0 Å². The van der Waals surface area contributed by atoms with Crippen molar-refractivity contribution in [1.82, 2.24) is 4.90 Å². The van der Waals surface area contributed by atoms with Crippen molar-refractivity contribution in [2.45, 2.75) is 71.1 Å². The number of hydrogen-bond donors (Lipinski definition) is 1. The molecule has 1 N–H and O–H groups in total. The van der Waals surface area contributed by atoms with Crippen molar-refractivity contribution < 1.29 is 23.8 Å². The molecule has 0 unspecified atom stereocenters. The summed E-state index contributed by atoms with van der Waals surface area (Å²) in [5.74, 6) is -0.599. The lowest BCUT2D eigenvalue weighted by Gasteiger charge is -2.28. The number of ether oxygens (including phenoxy) is 2. The average Bonchev–Trinajstić information content (AvgIpc) is 3.26. The third-order valence-electron chi connectivity index (χ3n) is 6.70. The molecule has 2 aromatic carbocycles. The highest BCUT2D eigenvalue weighted by Gasteiger charge is 2.27. The van der Waals surface area contributed by atoms with Crippen molar-refractivity contribution in [2.75, 3.05) is 26.3 Å². The van der Waals surface area contributed by atoms with Gasteiger partial charge in [-0.3, -0.25) is 9.69 Å². The number of carbonyl (C=O) groups is 1. The van der Waals surface area contributed by atoms with E-state index in [1.165, 1.54) is 6.07 Å². The molecular formula is C28H36Cl2FNO4. The first-order valence-electron chi connectivity index (χ1n) is 12.6. The molecule has 3 rings (SSSR count). The highest BCUT2D eigenvalue weighted by molar-refractivity contribution is 6.42. The Morgan fingerprint density at radius 2 is 2.03 bits per heavy atom. The standard InChI is InChI=1S/C28H36Cl2FNO4/c1-4-35-28(34)10-8-21-12-18(2)27(31)15-24(21)19(3)36-17-23(33)16-32-11-5-6-22(32)13-20-7-9-25(29)26(30)14-20/h7,9,12,14-15,19,22-23,33H,4-6,8,10-11,13,16-17H2,1-3H3/t19-,22+,23-/m1/s1. The van der Waals surface area contributed by atoms with E-state index >= 15 is 0 Å². The van der Waals surface area contributed by atoms with E-state index in [1.54, 1.807) is 19.9 Å². The van der Waals surface area contributed by atoms with Crippen LogP contribution in [0.15, 0.2) is 30.3 Å². The van der Waals surface area contributed by atoms with Crippen molar-refractivity contribution in [3.63, 3.8) is 0 Å². The lowest BCUT2D eigenvalue weighted by molar-refractivity contribution is -0.143. The van der Waals surface area contributed by atoms with E-state index in [2.05, 4.69) is 4.90 Å². The van der Waals surface area contributed by atoms with Gasteiger partial charge in [0.1, 0.15) is 5.82 Å². The molecule has 36 heavy (non-hydrogen) atoms. The van der Waals surface area contributed by atoms with Crippen LogP contribution in [0.3, 0.4) is 0 Å². The van der Waals surface area contributed by atoms with Crippen LogP contribution in [-0.4, -0.2) is 54.4 Å². The number of aryl methyl sites for hydroxylation is 2. The summed E-state index contributed by atoms with van der Waals surface area (Å²) < 4.78 is 25.4. The number of carbonyl (C=O) groups excluding carboxylic acids is 1. The van der Waals surface area contributed by atoms with Gasteiger partial charge >= 0.3 is 5.97 Å². The van der Waals surface area contributed by atoms with E-state index in [0.29, 0.717) is 46.8 Å². The minimum atomic E-state index is -0.680. The topological polar surface area (TPSA) is 59.0 Å². The number of aliphatic hydroxyl groups excluding tert-OH is 1. The SMILES string of the molecule is CCOC(=O)CCc1cc(C)c(F)cc1[C@@H](C)OC[C@H](O)CN1CCC[C@H]1Cc1ccc(Cl)c(Cl)c1. The zero-order valence-electron chi connectivity index (χ0n) is 21.2. The summed E-state index contributed by atoms with van der Waals surface area (Å²) in [4.78, 5) is 14.1. The van der Waals surface area contributed by atoms with Crippen LogP contribution < -0.4 is 0 Å². The normalized spacial score (nSPS) is 17.8. The van der Waals surface area contributed by atoms with E-state index < -0.39 is 12.2 Å². The van der Waals surface area contributed by atoms with Gasteiger partial charge in [-0.05, 0) is 93.5 Å². The predicted molar refractivity (Wildman–Crippen MR) is 141 cm³/mol. The maximum atomic E-state index is 14.4. The molecular weight excluding hydrogens is 504 g/mol. The molecule has 1 heterocycles. The Hall–Kier alpha value is -1.70. The quantitative estimate of drug-likeness (QED) is 0.331. The van der Waals surface area contributed by atoms with Crippen molar-refractivity contribution in [3.05, 3.63) is 68.4 Å². The fourth-order valence-corrected chi connectivity index (χ4v) is 5.12. The molecule has 0 bridgehead atoms. The van der Waals surface area contributed by atoms with Crippen LogP contribution in [0.25, 0.3) is 0 Å². The molecule has 198 valence electrons. The average molecular weight is 541 g/mol. The number of β-amino-alcohol motifs (C(OH)–C–C–N with tert-alkyl or cyclic N) is 1. The first-order chi connectivity index (χ1) is 17.2. The summed E-state index contributed by atoms with van der Waals surface area (Å²) in [5.41, 5.74) is 3.18. The van der Waals surface area contributed by atoms with E-state index in [4.69, 9.17) is 32.7 Å². The van der Waals surface area contributed by atoms with Crippen LogP contribution in [0.1, 0.15) is 61.5 Å². The van der Waals surface area contributed by atoms with E-state index in [0.717, 1.165) is 36.9 Å². The number of likely N-dealkylation sites (tertiary alicyclic amines) is 1. The first-order valence-corrected chi connectivity index (χ1v) is 13.4. The molecule has 3 atom stereocenters. The Balaban J connectivity index is 1.56. The maximum Gasteiger partial charge on any atom is 0.306 e. The number of esters is 1. The van der Waals surface area contributed by atoms with E-state index in [9.17, 15) is 14.3 Å². The Labute approximate surface area is 223 Å². The molecule has 2 aromatic rings. The summed E-state index contributed by atoms with van der Waals surface area (Å²) in [5, 5.41) is 11.8. The van der Waals surface area contributed by atoms with Gasteiger partial charge < -0.3 is 14.6 Å². The van der Waals surface area contributed by atoms with Crippen molar-refractivity contribution in [2.24, 2.45) is 0 Å². The van der Waals surface area contributed by atoms with Crippen molar-refractivity contribution in [3.8, 4) is 0 Å². The number of aliphatic hydroxyl groups is 1. The van der Waals surface area contributed by atoms with Gasteiger partial charge in [-0.1, -0.05) is 35.3 Å². The number of halogens is 3. The smallest absolute Gasteiger partial charge is 0.306 e. The monoisotopic (exact) mass is 539 g/mol. The zero-order chi connectivity index (χ0) is 26.2. The van der Waals surface area contributed by atoms with E-state index in [-0.39, 0.29) is 24.8 Å². The fourth-order valence-electron chi connectivity index (χ4n) is 4.80. The Kier molecular flexibility index (Phi) is 11.0. The molecule has 1 aliphatic heterocycles. The molecule has 1 fully saturated rings. The van der Waals surface area contributed by atoms with Crippen LogP contribution >= 0.6 is 23.2 Å². The molecule has 8 heteroatoms. The van der Waals surface area contributed by atoms with Crippen LogP contribution in [-0.2, 0) is 27.1 Å². The zero-order valence-corrected chi connectivity index (χ0v) is 22.7. The summed E-state index contributed by atoms with van der Waals surface area (Å²) in [7, 11) is 0. The highest BCUT2D eigenvalue weighted by atomic mass is 35.5. The Bertz CT molecular complexity index is 1030. The van der Waals surface area contributed by atoms with Gasteiger partial charge in [0, 0.05) is 19.0 Å². The molecule has 0 spiro atoms. The minimum Gasteiger partial charge on any atom is -0.466 e. The third-order valence-corrected chi connectivity index (χ3v) is 7.44. The summed E-state index contributed by atoms with van der Waals surface area (Å²) in [6.07, 6.45) is 2.51. The van der Waals surface area contributed by atoms with Gasteiger partial charge in [-0.25, -0.2) is 4.39 Å².